The van der Waals surface area contributed by atoms with E-state index in [9.17, 15) is 5.11 Å². The molecule has 0 atom stereocenters. The zero-order valence-corrected chi connectivity index (χ0v) is 37.5. The van der Waals surface area contributed by atoms with E-state index in [1.807, 2.05) is 146 Å². The van der Waals surface area contributed by atoms with Crippen molar-refractivity contribution in [3.63, 3.8) is 0 Å². The van der Waals surface area contributed by atoms with Crippen LogP contribution in [0, 0.1) is 12.1 Å². The second kappa shape index (κ2) is 17.9. The Hall–Kier alpha value is -7.47. The summed E-state index contributed by atoms with van der Waals surface area (Å²) in [4.78, 5) is 4.76. The van der Waals surface area contributed by atoms with Crippen LogP contribution >= 0.6 is 0 Å². The quantitative estimate of drug-likeness (QED) is 0.168. The third-order valence-electron chi connectivity index (χ3n) is 10.3. The first-order chi connectivity index (χ1) is 30.2. The molecule has 0 saturated heterocycles. The molecule has 12 nitrogen and oxygen atoms in total. The van der Waals surface area contributed by atoms with E-state index in [1.54, 1.807) is 29.9 Å². The van der Waals surface area contributed by atoms with E-state index in [4.69, 9.17) is 9.47 Å². The SMILES string of the molecule is CC(C)(C)c1ccc(O)c(-n2nc3ccccc3n2)c1.COc1c[c-]c(-n2nc3ccccc3n2)c2ccccc12.COc1c[c-]c(-n2nc3ccccc3n2)c2ccccc12.[Ir]. The van der Waals surface area contributed by atoms with Crippen LogP contribution in [0.5, 0.6) is 17.2 Å². The maximum absolute atomic E-state index is 10.1. The molecule has 63 heavy (non-hydrogen) atoms. The van der Waals surface area contributed by atoms with Gasteiger partial charge in [0.2, 0.25) is 0 Å². The normalized spacial score (nSPS) is 11.2. The number of fused-ring (bicyclic) bond motifs is 5. The number of rotatable bonds is 5. The molecule has 8 aromatic carbocycles. The van der Waals surface area contributed by atoms with Crippen molar-refractivity contribution in [3.8, 4) is 34.3 Å². The largest absolute Gasteiger partial charge is 0.554 e. The van der Waals surface area contributed by atoms with Gasteiger partial charge < -0.3 is 14.6 Å². The first kappa shape index (κ1) is 42.2. The first-order valence-electron chi connectivity index (χ1n) is 19.9. The van der Waals surface area contributed by atoms with Crippen molar-refractivity contribution in [1.82, 2.24) is 45.0 Å². The van der Waals surface area contributed by atoms with E-state index >= 15 is 0 Å². The van der Waals surface area contributed by atoms with Crippen molar-refractivity contribution in [2.45, 2.75) is 26.2 Å². The van der Waals surface area contributed by atoms with Crippen LogP contribution in [0.1, 0.15) is 26.3 Å². The van der Waals surface area contributed by atoms with Crippen LogP contribution in [-0.4, -0.2) is 64.3 Å². The Morgan fingerprint density at radius 1 is 0.460 bits per heavy atom. The molecule has 13 heteroatoms. The molecular formula is C50H41IrN9O3-2. The fourth-order valence-corrected chi connectivity index (χ4v) is 7.09. The van der Waals surface area contributed by atoms with Gasteiger partial charge in [0.05, 0.1) is 14.2 Å². The van der Waals surface area contributed by atoms with Crippen LogP contribution in [-0.2, 0) is 25.5 Å². The number of phenols is 1. The Kier molecular flexibility index (Phi) is 12.0. The molecule has 0 fully saturated rings. The second-order valence-electron chi connectivity index (χ2n) is 15.4. The van der Waals surface area contributed by atoms with Crippen LogP contribution in [0.2, 0.25) is 0 Å². The minimum absolute atomic E-state index is 0. The Morgan fingerprint density at radius 3 is 1.14 bits per heavy atom. The molecule has 11 rings (SSSR count). The monoisotopic (exact) mass is 1010 g/mol. The molecule has 0 spiro atoms. The molecule has 0 aliphatic carbocycles. The number of ether oxygens (including phenoxy) is 2. The number of aromatic nitrogens is 9. The van der Waals surface area contributed by atoms with Crippen LogP contribution in [0.4, 0.5) is 0 Å². The summed E-state index contributed by atoms with van der Waals surface area (Å²) in [7, 11) is 3.32. The number of benzene rings is 8. The molecule has 3 aromatic heterocycles. The van der Waals surface area contributed by atoms with E-state index in [-0.39, 0.29) is 31.3 Å². The summed E-state index contributed by atoms with van der Waals surface area (Å²) in [6.07, 6.45) is 0. The number of hydrogen-bond donors (Lipinski definition) is 1. The van der Waals surface area contributed by atoms with E-state index in [1.165, 1.54) is 4.80 Å². The van der Waals surface area contributed by atoms with Gasteiger partial charge in [0.25, 0.3) is 0 Å². The molecule has 11 aromatic rings. The van der Waals surface area contributed by atoms with Gasteiger partial charge in [-0.25, -0.2) is 0 Å². The van der Waals surface area contributed by atoms with Crippen molar-refractivity contribution in [2.75, 3.05) is 14.2 Å². The predicted molar refractivity (Wildman–Crippen MR) is 243 cm³/mol. The molecule has 0 saturated carbocycles. The minimum atomic E-state index is 0. The van der Waals surface area contributed by atoms with Gasteiger partial charge in [0.15, 0.2) is 0 Å². The van der Waals surface area contributed by atoms with Crippen LogP contribution in [0.15, 0.2) is 152 Å². The van der Waals surface area contributed by atoms with Crippen molar-refractivity contribution in [1.29, 1.82) is 0 Å². The summed E-state index contributed by atoms with van der Waals surface area (Å²) in [5.74, 6) is 1.77. The van der Waals surface area contributed by atoms with E-state index in [0.29, 0.717) is 5.69 Å². The standard InChI is InChI=1S/2C17H12N3O.C16H17N3O.Ir/c2*1-21-17-11-10-16(12-6-2-3-7-13(12)17)20-18-14-8-4-5-9-15(14)19-20;1-16(2,3)11-8-9-15(20)14(10-11)19-17-12-6-4-5-7-13(12)18-19;/h2*2-9,11H,1H3;4-10,20H,1-3H3;/q2*-1;;. The van der Waals surface area contributed by atoms with Gasteiger partial charge in [0.1, 0.15) is 44.5 Å². The average molecular weight is 1010 g/mol. The molecule has 315 valence electrons. The molecule has 0 amide bonds. The third kappa shape index (κ3) is 8.57. The number of phenolic OH excluding ortho intramolecular Hbond substituents is 1. The fraction of sp³-hybridized carbons (Fsp3) is 0.120. The fourth-order valence-electron chi connectivity index (χ4n) is 7.09. The molecule has 1 N–H and O–H groups in total. The summed E-state index contributed by atoms with van der Waals surface area (Å²) >= 11 is 0. The van der Waals surface area contributed by atoms with Crippen molar-refractivity contribution in [2.24, 2.45) is 0 Å². The number of methoxy groups -OCH3 is 2. The summed E-state index contributed by atoms with van der Waals surface area (Å²) < 4.78 is 10.8. The van der Waals surface area contributed by atoms with Gasteiger partial charge in [-0.05, 0) is 70.9 Å². The third-order valence-corrected chi connectivity index (χ3v) is 10.3. The molecule has 0 unspecified atom stereocenters. The minimum Gasteiger partial charge on any atom is -0.554 e. The number of aromatic hydroxyl groups is 1. The Labute approximate surface area is 376 Å². The van der Waals surface area contributed by atoms with E-state index < -0.39 is 0 Å². The Balaban J connectivity index is 0.000000129. The van der Waals surface area contributed by atoms with Gasteiger partial charge in [-0.2, -0.15) is 42.1 Å². The topological polar surface area (TPSA) is 131 Å². The maximum Gasteiger partial charge on any atom is 0.143 e. The van der Waals surface area contributed by atoms with Crippen molar-refractivity contribution in [3.05, 3.63) is 169 Å². The Morgan fingerprint density at radius 2 is 0.794 bits per heavy atom. The molecule has 0 bridgehead atoms. The molecule has 3 heterocycles. The van der Waals surface area contributed by atoms with Gasteiger partial charge in [-0.15, -0.1) is 39.3 Å². The van der Waals surface area contributed by atoms with Crippen molar-refractivity contribution >= 4 is 54.6 Å². The second-order valence-corrected chi connectivity index (χ2v) is 15.4. The predicted octanol–water partition coefficient (Wildman–Crippen LogP) is 10.2. The molecular weight excluding hydrogens is 967 g/mol. The average Bonchev–Trinajstić information content (AvgIpc) is 4.06. The van der Waals surface area contributed by atoms with Crippen molar-refractivity contribution < 1.29 is 34.7 Å². The maximum atomic E-state index is 10.1. The van der Waals surface area contributed by atoms with E-state index in [2.05, 4.69) is 63.5 Å². The zero-order valence-electron chi connectivity index (χ0n) is 35.1. The summed E-state index contributed by atoms with van der Waals surface area (Å²) in [5.41, 5.74) is 8.48. The van der Waals surface area contributed by atoms with E-state index in [0.717, 1.165) is 83.1 Å². The molecule has 1 radical (unpaired) electrons. The summed E-state index contributed by atoms with van der Waals surface area (Å²) in [5, 5.41) is 41.1. The van der Waals surface area contributed by atoms with Crippen LogP contribution in [0.25, 0.3) is 71.7 Å². The van der Waals surface area contributed by atoms with Gasteiger partial charge >= 0.3 is 0 Å². The van der Waals surface area contributed by atoms with Gasteiger partial charge in [-0.3, -0.25) is 0 Å². The summed E-state index contributed by atoms with van der Waals surface area (Å²) in [6, 6.07) is 55.0. The molecule has 0 aliphatic heterocycles. The van der Waals surface area contributed by atoms with Crippen LogP contribution in [0.3, 0.4) is 0 Å². The number of nitrogens with zero attached hydrogens (tertiary/aromatic N) is 9. The molecule has 0 aliphatic rings. The zero-order chi connectivity index (χ0) is 42.8. The Bertz CT molecular complexity index is 3110. The first-order valence-corrected chi connectivity index (χ1v) is 19.9. The number of hydrogen-bond acceptors (Lipinski definition) is 9. The van der Waals surface area contributed by atoms with Gasteiger partial charge in [-0.1, -0.05) is 121 Å². The van der Waals surface area contributed by atoms with Crippen LogP contribution < -0.4 is 9.47 Å². The van der Waals surface area contributed by atoms with Gasteiger partial charge in [0, 0.05) is 31.6 Å². The summed E-state index contributed by atoms with van der Waals surface area (Å²) in [6.45, 7) is 6.41. The smallest absolute Gasteiger partial charge is 0.143 e.